The standard InChI is InChI=1S/C12H24O2.Mg.2H/c1-3-5-6-7-8-9-11-14-12(13)10-4-2;;;/h3-11H2,1-2H3;;;/q;+2;2*-1. The fourth-order valence-corrected chi connectivity index (χ4v) is 1.34. The van der Waals surface area contributed by atoms with Crippen molar-refractivity contribution in [1.29, 1.82) is 0 Å². The van der Waals surface area contributed by atoms with Crippen molar-refractivity contribution in [3.8, 4) is 0 Å². The summed E-state index contributed by atoms with van der Waals surface area (Å²) in [6, 6.07) is 0. The summed E-state index contributed by atoms with van der Waals surface area (Å²) in [6.45, 7) is 4.82. The number of esters is 1. The van der Waals surface area contributed by atoms with Crippen LogP contribution in [0.25, 0.3) is 0 Å². The van der Waals surface area contributed by atoms with Gasteiger partial charge in [0.2, 0.25) is 0 Å². The van der Waals surface area contributed by atoms with Gasteiger partial charge in [-0.05, 0) is 12.8 Å². The van der Waals surface area contributed by atoms with Gasteiger partial charge in [-0.3, -0.25) is 4.79 Å². The van der Waals surface area contributed by atoms with Crippen LogP contribution in [0.4, 0.5) is 0 Å². The second kappa shape index (κ2) is 14.2. The molecular formula is C12H26MgO2. The van der Waals surface area contributed by atoms with E-state index in [9.17, 15) is 4.79 Å². The predicted octanol–water partition coefficient (Wildman–Crippen LogP) is 3.53. The van der Waals surface area contributed by atoms with Crippen LogP contribution >= 0.6 is 0 Å². The van der Waals surface area contributed by atoms with Crippen molar-refractivity contribution in [2.45, 2.75) is 65.2 Å². The van der Waals surface area contributed by atoms with E-state index in [0.29, 0.717) is 13.0 Å². The zero-order valence-corrected chi connectivity index (χ0v) is 11.8. The van der Waals surface area contributed by atoms with Crippen LogP contribution < -0.4 is 0 Å². The Labute approximate surface area is 113 Å². The molecule has 0 aliphatic rings. The normalized spacial score (nSPS) is 9.47. The maximum absolute atomic E-state index is 11.0. The van der Waals surface area contributed by atoms with Gasteiger partial charge in [0.25, 0.3) is 0 Å². The third-order valence-electron chi connectivity index (χ3n) is 2.22. The maximum Gasteiger partial charge on any atom is 2.00 e. The SMILES string of the molecule is CCCCCCCCOC(=O)CCC.[H-].[H-].[Mg+2]. The van der Waals surface area contributed by atoms with Gasteiger partial charge in [0.05, 0.1) is 6.61 Å². The number of carbonyl (C=O) groups is 1. The van der Waals surface area contributed by atoms with Gasteiger partial charge < -0.3 is 7.59 Å². The largest absolute Gasteiger partial charge is 2.00 e. The fourth-order valence-electron chi connectivity index (χ4n) is 1.34. The van der Waals surface area contributed by atoms with Crippen LogP contribution in [-0.2, 0) is 9.53 Å². The summed E-state index contributed by atoms with van der Waals surface area (Å²) < 4.78 is 5.05. The van der Waals surface area contributed by atoms with Crippen LogP contribution in [0.5, 0.6) is 0 Å². The Morgan fingerprint density at radius 3 is 2.20 bits per heavy atom. The van der Waals surface area contributed by atoms with E-state index in [4.69, 9.17) is 4.74 Å². The molecule has 0 saturated heterocycles. The summed E-state index contributed by atoms with van der Waals surface area (Å²) in [5.74, 6) is -0.0407. The van der Waals surface area contributed by atoms with Crippen molar-refractivity contribution in [1.82, 2.24) is 0 Å². The molecule has 0 radical (unpaired) electrons. The molecule has 2 nitrogen and oxygen atoms in total. The molecule has 0 aliphatic carbocycles. The molecule has 3 heteroatoms. The van der Waals surface area contributed by atoms with Crippen LogP contribution in [0.3, 0.4) is 0 Å². The third kappa shape index (κ3) is 14.2. The first-order chi connectivity index (χ1) is 6.81. The second-order valence-corrected chi connectivity index (χ2v) is 3.74. The Balaban J connectivity index is -0.000000282. The third-order valence-corrected chi connectivity index (χ3v) is 2.22. The number of unbranched alkanes of at least 4 members (excludes halogenated alkanes) is 5. The maximum atomic E-state index is 11.0. The molecule has 0 saturated carbocycles. The summed E-state index contributed by atoms with van der Waals surface area (Å²) in [6.07, 6.45) is 8.88. The van der Waals surface area contributed by atoms with Crippen molar-refractivity contribution in [3.63, 3.8) is 0 Å². The van der Waals surface area contributed by atoms with Gasteiger partial charge in [-0.15, -0.1) is 0 Å². The molecule has 0 atom stereocenters. The molecule has 0 aliphatic heterocycles. The summed E-state index contributed by atoms with van der Waals surface area (Å²) in [7, 11) is 0. The molecule has 0 fully saturated rings. The minimum absolute atomic E-state index is 0. The summed E-state index contributed by atoms with van der Waals surface area (Å²) in [5, 5.41) is 0. The molecule has 0 bridgehead atoms. The van der Waals surface area contributed by atoms with Crippen molar-refractivity contribution >= 4 is 29.0 Å². The van der Waals surface area contributed by atoms with Crippen molar-refractivity contribution in [3.05, 3.63) is 0 Å². The van der Waals surface area contributed by atoms with Crippen LogP contribution in [0.15, 0.2) is 0 Å². The number of carbonyl (C=O) groups excluding carboxylic acids is 1. The molecule has 0 amide bonds. The molecule has 0 aromatic rings. The van der Waals surface area contributed by atoms with E-state index in [2.05, 4.69) is 6.92 Å². The van der Waals surface area contributed by atoms with E-state index in [1.807, 2.05) is 6.92 Å². The molecule has 0 rings (SSSR count). The van der Waals surface area contributed by atoms with E-state index in [0.717, 1.165) is 12.8 Å². The van der Waals surface area contributed by atoms with Crippen molar-refractivity contribution in [2.75, 3.05) is 6.61 Å². The molecule has 0 N–H and O–H groups in total. The Hall–Kier alpha value is 0.236. The Morgan fingerprint density at radius 2 is 1.60 bits per heavy atom. The smallest absolute Gasteiger partial charge is 1.00 e. The van der Waals surface area contributed by atoms with Gasteiger partial charge in [-0.25, -0.2) is 0 Å². The zero-order valence-electron chi connectivity index (χ0n) is 12.4. The van der Waals surface area contributed by atoms with Gasteiger partial charge in [-0.1, -0.05) is 46.0 Å². The van der Waals surface area contributed by atoms with E-state index in [-0.39, 0.29) is 31.9 Å². The second-order valence-electron chi connectivity index (χ2n) is 3.74. The van der Waals surface area contributed by atoms with Gasteiger partial charge in [0, 0.05) is 6.42 Å². The Morgan fingerprint density at radius 1 is 1.00 bits per heavy atom. The molecule has 0 spiro atoms. The topological polar surface area (TPSA) is 26.3 Å². The predicted molar refractivity (Wildman–Crippen MR) is 67.2 cm³/mol. The molecule has 0 heterocycles. The quantitative estimate of drug-likeness (QED) is 0.342. The average Bonchev–Trinajstić information content (AvgIpc) is 2.17. The van der Waals surface area contributed by atoms with Crippen molar-refractivity contribution in [2.24, 2.45) is 0 Å². The molecule has 88 valence electrons. The first kappa shape index (κ1) is 17.6. The Bertz CT molecular complexity index is 146. The van der Waals surface area contributed by atoms with Gasteiger partial charge >= 0.3 is 29.0 Å². The van der Waals surface area contributed by atoms with E-state index < -0.39 is 0 Å². The average molecular weight is 227 g/mol. The van der Waals surface area contributed by atoms with Crippen LogP contribution in [-0.4, -0.2) is 35.6 Å². The molecule has 0 aromatic heterocycles. The van der Waals surface area contributed by atoms with E-state index in [1.54, 1.807) is 0 Å². The van der Waals surface area contributed by atoms with Crippen LogP contribution in [0, 0.1) is 0 Å². The van der Waals surface area contributed by atoms with Crippen LogP contribution in [0.1, 0.15) is 68.1 Å². The minimum atomic E-state index is -0.0407. The first-order valence-electron chi connectivity index (χ1n) is 5.96. The zero-order chi connectivity index (χ0) is 10.6. The summed E-state index contributed by atoms with van der Waals surface area (Å²) >= 11 is 0. The summed E-state index contributed by atoms with van der Waals surface area (Å²) in [4.78, 5) is 11.0. The van der Waals surface area contributed by atoms with Gasteiger partial charge in [0.1, 0.15) is 0 Å². The van der Waals surface area contributed by atoms with Crippen molar-refractivity contribution < 1.29 is 12.4 Å². The first-order valence-corrected chi connectivity index (χ1v) is 5.96. The Kier molecular flexibility index (Phi) is 16.7. The number of rotatable bonds is 9. The van der Waals surface area contributed by atoms with E-state index >= 15 is 0 Å². The van der Waals surface area contributed by atoms with Gasteiger partial charge in [-0.2, -0.15) is 0 Å². The monoisotopic (exact) mass is 226 g/mol. The molecular weight excluding hydrogens is 200 g/mol. The molecule has 0 unspecified atom stereocenters. The van der Waals surface area contributed by atoms with E-state index in [1.165, 1.54) is 32.1 Å². The number of ether oxygens (including phenoxy) is 1. The molecule has 0 aromatic carbocycles. The van der Waals surface area contributed by atoms with Crippen LogP contribution in [0.2, 0.25) is 0 Å². The minimum Gasteiger partial charge on any atom is -1.00 e. The fraction of sp³-hybridized carbons (Fsp3) is 0.917. The number of hydrogen-bond acceptors (Lipinski definition) is 2. The summed E-state index contributed by atoms with van der Waals surface area (Å²) in [5.41, 5.74) is 0. The molecule has 15 heavy (non-hydrogen) atoms. The number of hydrogen-bond donors (Lipinski definition) is 0. The van der Waals surface area contributed by atoms with Gasteiger partial charge in [0.15, 0.2) is 0 Å².